The predicted molar refractivity (Wildman–Crippen MR) is 387 cm³/mol. The van der Waals surface area contributed by atoms with Crippen molar-refractivity contribution in [1.82, 2.24) is 50.3 Å². The maximum atomic E-state index is 13.9. The Kier molecular flexibility index (Phi) is 23.2. The van der Waals surface area contributed by atoms with Gasteiger partial charge in [-0.2, -0.15) is 15.3 Å². The molecule has 15 rings (SSSR count). The van der Waals surface area contributed by atoms with Crippen LogP contribution in [0.4, 0.5) is 4.39 Å². The van der Waals surface area contributed by atoms with E-state index in [2.05, 4.69) is 62.0 Å². The minimum atomic E-state index is -0.810. The van der Waals surface area contributed by atoms with Gasteiger partial charge in [-0.3, -0.25) is 33.3 Å². The fraction of sp³-hybridized carbons (Fsp3) is 0.500. The highest BCUT2D eigenvalue weighted by Gasteiger charge is 2.52. The second kappa shape index (κ2) is 33.3. The summed E-state index contributed by atoms with van der Waals surface area (Å²) in [4.78, 5) is 81.6. The highest BCUT2D eigenvalue weighted by Crippen LogP contribution is 2.49. The van der Waals surface area contributed by atoms with Crippen LogP contribution in [0.2, 0.25) is 0 Å². The molecule has 4 N–H and O–H groups in total. The van der Waals surface area contributed by atoms with Gasteiger partial charge in [0.05, 0.1) is 56.1 Å². The molecule has 7 aliphatic carbocycles. The summed E-state index contributed by atoms with van der Waals surface area (Å²) in [5.74, 6) is -1.53. The number of nitrogens with one attached hydrogen (secondary N) is 4. The Morgan fingerprint density at radius 1 is 0.598 bits per heavy atom. The van der Waals surface area contributed by atoms with Crippen LogP contribution in [0.3, 0.4) is 0 Å². The largest absolute Gasteiger partial charge is 0.467 e. The molecular weight excluding hydrogens is 1290 g/mol. The summed E-state index contributed by atoms with van der Waals surface area (Å²) in [6.07, 6.45) is 27.8. The number of carbonyl (C=O) groups excluding carboxylic acids is 6. The van der Waals surface area contributed by atoms with Crippen LogP contribution in [0, 0.1) is 29.5 Å². The molecular formula is C82H99FN10O9. The normalized spacial score (nSPS) is 21.5. The average Bonchev–Trinajstić information content (AvgIpc) is 1.62. The van der Waals surface area contributed by atoms with Gasteiger partial charge in [0.25, 0.3) is 17.7 Å². The van der Waals surface area contributed by atoms with Gasteiger partial charge in [-0.25, -0.2) is 13.9 Å². The van der Waals surface area contributed by atoms with Gasteiger partial charge in [-0.1, -0.05) is 111 Å². The first-order valence-corrected chi connectivity index (χ1v) is 37.9. The number of fused-ring (bicyclic) bond motifs is 6. The highest BCUT2D eigenvalue weighted by atomic mass is 19.1. The smallest absolute Gasteiger partial charge is 0.328 e. The molecule has 2 bridgehead atoms. The zero-order valence-corrected chi connectivity index (χ0v) is 59.4. The van der Waals surface area contributed by atoms with Crippen LogP contribution < -0.4 is 16.0 Å². The van der Waals surface area contributed by atoms with Crippen LogP contribution in [0.5, 0.6) is 0 Å². The molecule has 4 aromatic carbocycles. The summed E-state index contributed by atoms with van der Waals surface area (Å²) in [5, 5.41) is 24.8. The van der Waals surface area contributed by atoms with E-state index in [0.717, 1.165) is 178 Å². The number of amides is 3. The maximum Gasteiger partial charge on any atom is 0.328 e. The van der Waals surface area contributed by atoms with Crippen LogP contribution >= 0.6 is 0 Å². The van der Waals surface area contributed by atoms with Gasteiger partial charge in [0, 0.05) is 69.6 Å². The third-order valence-electron chi connectivity index (χ3n) is 22.6. The zero-order valence-electron chi connectivity index (χ0n) is 59.4. The number of carbonyl (C=O) groups is 6. The number of benzene rings is 4. The number of nitrogens with zero attached hydrogens (tertiary/aromatic N) is 6. The van der Waals surface area contributed by atoms with Crippen molar-refractivity contribution in [2.24, 2.45) is 23.7 Å². The number of ether oxygens (including phenoxy) is 3. The molecule has 3 amide bonds. The van der Waals surface area contributed by atoms with Gasteiger partial charge in [0.15, 0.2) is 17.1 Å². The van der Waals surface area contributed by atoms with E-state index in [1.165, 1.54) is 69.0 Å². The van der Waals surface area contributed by atoms with Crippen LogP contribution in [0.25, 0.3) is 16.6 Å². The topological polar surface area (TPSA) is 235 Å². The third-order valence-corrected chi connectivity index (χ3v) is 22.6. The lowest BCUT2D eigenvalue weighted by Crippen LogP contribution is -2.47. The lowest BCUT2D eigenvalue weighted by molar-refractivity contribution is -0.151. The van der Waals surface area contributed by atoms with E-state index < -0.39 is 12.0 Å². The minimum Gasteiger partial charge on any atom is -0.467 e. The monoisotopic (exact) mass is 1390 g/mol. The molecule has 4 saturated carbocycles. The molecule has 19 nitrogen and oxygen atoms in total. The van der Waals surface area contributed by atoms with Gasteiger partial charge in [0.2, 0.25) is 0 Å². The molecule has 4 fully saturated rings. The molecule has 0 saturated heterocycles. The summed E-state index contributed by atoms with van der Waals surface area (Å²) >= 11 is 0. The predicted octanol–water partition coefficient (Wildman–Crippen LogP) is 13.7. The van der Waals surface area contributed by atoms with Crippen LogP contribution in [-0.2, 0) is 80.1 Å². The van der Waals surface area contributed by atoms with E-state index in [1.807, 2.05) is 77.9 Å². The van der Waals surface area contributed by atoms with Gasteiger partial charge < -0.3 is 35.1 Å². The molecule has 538 valence electrons. The van der Waals surface area contributed by atoms with Crippen LogP contribution in [0.1, 0.15) is 230 Å². The first-order chi connectivity index (χ1) is 49.9. The number of aryl methyl sites for hydroxylation is 1. The fourth-order valence-corrected chi connectivity index (χ4v) is 17.6. The third kappa shape index (κ3) is 16.0. The van der Waals surface area contributed by atoms with Gasteiger partial charge in [-0.15, -0.1) is 0 Å². The van der Waals surface area contributed by atoms with Crippen molar-refractivity contribution in [3.8, 4) is 5.69 Å². The number of H-pyrrole nitrogens is 1. The Morgan fingerprint density at radius 2 is 1.23 bits per heavy atom. The molecule has 4 heterocycles. The lowest BCUT2D eigenvalue weighted by Gasteiger charge is -2.30. The standard InChI is InChI=1S/C32H36FN3O3.C27H28N4O3.C23H35N3O3/c1-2-39-32(38)27-22-13-14-23(19-22)28(27)34-31(37)29-26-10-6-9-21(12-11-20-7-4-3-5-8-20)30(26)36(35-29)25-17-15-24(33)16-18-25;1-34-27(33)23(15-19-16-28-22-13-7-5-11-20(19)22)29-26(32)25-21-12-6-8-14-24(21)31(30-25)17-18-9-3-2-4-10-18;1-2-29-23(28)17-12-6-8-14-19(17)24-22(27)21-18-13-7-9-15-20(18)26(25-21)16-10-4-3-5-11-16/h3-5,7-8,15-18,21-23,27-28H,2,6,9-14,19H2,1H3,(H,34,37);2-5,7,9-11,13,16,23,28H,6,8,12,14-15,17H2,1H3,(H,29,32);16-17,19H,2-15H2,1H3,(H,24,27)/t21?,22?,23?,27-,28+;;17-,19+/m0.1/s1. The number of hydrogen-bond donors (Lipinski definition) is 4. The summed E-state index contributed by atoms with van der Waals surface area (Å²) in [5.41, 5.74) is 13.2. The van der Waals surface area contributed by atoms with Crippen molar-refractivity contribution < 1.29 is 47.4 Å². The van der Waals surface area contributed by atoms with Gasteiger partial charge in [0.1, 0.15) is 11.9 Å². The van der Waals surface area contributed by atoms with Crippen molar-refractivity contribution in [2.45, 2.75) is 217 Å². The summed E-state index contributed by atoms with van der Waals surface area (Å²) in [6, 6.07) is 34.0. The van der Waals surface area contributed by atoms with Crippen LogP contribution in [-0.4, -0.2) is 108 Å². The fourth-order valence-electron chi connectivity index (χ4n) is 17.6. The van der Waals surface area contributed by atoms with E-state index in [1.54, 1.807) is 12.1 Å². The Morgan fingerprint density at radius 3 is 1.97 bits per heavy atom. The van der Waals surface area contributed by atoms with Gasteiger partial charge >= 0.3 is 17.9 Å². The molecule has 4 aromatic heterocycles. The number of esters is 3. The number of rotatable bonds is 20. The van der Waals surface area contributed by atoms with Crippen molar-refractivity contribution in [2.75, 3.05) is 20.3 Å². The van der Waals surface area contributed by atoms with E-state index >= 15 is 0 Å². The molecule has 102 heavy (non-hydrogen) atoms. The molecule has 7 aliphatic rings. The van der Waals surface area contributed by atoms with Crippen molar-refractivity contribution >= 4 is 46.5 Å². The van der Waals surface area contributed by atoms with E-state index in [0.29, 0.717) is 55.2 Å². The van der Waals surface area contributed by atoms with E-state index in [9.17, 15) is 33.2 Å². The minimum absolute atomic E-state index is 0.0982. The lowest BCUT2D eigenvalue weighted by atomic mass is 9.82. The molecule has 0 spiro atoms. The first kappa shape index (κ1) is 71.2. The Bertz CT molecular complexity index is 4230. The number of aromatic amines is 1. The average molecular weight is 1390 g/mol. The number of halogens is 1. The first-order valence-electron chi connectivity index (χ1n) is 37.9. The number of hydrogen-bond acceptors (Lipinski definition) is 12. The number of para-hydroxylation sites is 1. The van der Waals surface area contributed by atoms with Crippen molar-refractivity contribution in [1.29, 1.82) is 0 Å². The van der Waals surface area contributed by atoms with E-state index in [4.69, 9.17) is 29.5 Å². The molecule has 0 radical (unpaired) electrons. The Hall–Kier alpha value is -9.20. The maximum absolute atomic E-state index is 13.9. The van der Waals surface area contributed by atoms with Crippen molar-refractivity contribution in [3.63, 3.8) is 0 Å². The Labute approximate surface area is 597 Å². The van der Waals surface area contributed by atoms with Crippen LogP contribution in [0.15, 0.2) is 115 Å². The SMILES string of the molecule is CCOC(=O)[C@@H]1CCCC[C@@H]1NC(=O)c1nn(C2CCCCC2)c2c1CCCC2.CCOC(=O)[C@H]1C2CCC(C2)[C@H]1NC(=O)c1nn(-c2ccc(F)cc2)c2c1CCCC2CCc1ccccc1.COC(=O)C(Cc1c[nH]c2ccccc12)NC(=O)c1nn(Cc2ccccc2)c2c1CCCC2. The molecule has 8 atom stereocenters. The zero-order chi connectivity index (χ0) is 70.6. The molecule has 0 aliphatic heterocycles. The molecule has 8 aromatic rings. The summed E-state index contributed by atoms with van der Waals surface area (Å²) < 4.78 is 35.5. The highest BCUT2D eigenvalue weighted by molar-refractivity contribution is 5.98. The summed E-state index contributed by atoms with van der Waals surface area (Å²) in [7, 11) is 1.34. The Balaban J connectivity index is 0.000000138. The van der Waals surface area contributed by atoms with Crippen molar-refractivity contribution in [3.05, 3.63) is 189 Å². The molecule has 4 unspecified atom stereocenters. The van der Waals surface area contributed by atoms with Gasteiger partial charge in [-0.05, 0) is 201 Å². The summed E-state index contributed by atoms with van der Waals surface area (Å²) in [6.45, 7) is 4.99. The molecule has 20 heteroatoms. The number of methoxy groups -OCH3 is 1. The second-order valence-corrected chi connectivity index (χ2v) is 29.0. The quantitative estimate of drug-likeness (QED) is 0.0412. The number of aromatic nitrogens is 7. The second-order valence-electron chi connectivity index (χ2n) is 29.0. The van der Waals surface area contributed by atoms with E-state index in [-0.39, 0.29) is 71.2 Å².